The van der Waals surface area contributed by atoms with Crippen LogP contribution in [-0.2, 0) is 0 Å². The molecule has 0 saturated carbocycles. The highest BCUT2D eigenvalue weighted by Crippen LogP contribution is 2.23. The standard InChI is InChI=1S/C13H21N5S/c1-5-10(9-19-4)17(3)13-12-15-6-7-18(12)8-11(14-2)16-13/h6-8,10,14H,5,9H2,1-4H3. The topological polar surface area (TPSA) is 45.5 Å². The maximum absolute atomic E-state index is 4.66. The Morgan fingerprint density at radius 3 is 2.95 bits per heavy atom. The lowest BCUT2D eigenvalue weighted by molar-refractivity contribution is 0.666. The zero-order chi connectivity index (χ0) is 13.8. The van der Waals surface area contributed by atoms with Gasteiger partial charge in [-0.2, -0.15) is 11.8 Å². The van der Waals surface area contributed by atoms with E-state index in [1.807, 2.05) is 41.8 Å². The minimum absolute atomic E-state index is 0.468. The number of aromatic nitrogens is 3. The Kier molecular flexibility index (Phi) is 4.52. The molecule has 2 rings (SSSR count). The zero-order valence-electron chi connectivity index (χ0n) is 11.9. The van der Waals surface area contributed by atoms with Crippen molar-refractivity contribution < 1.29 is 0 Å². The van der Waals surface area contributed by atoms with Gasteiger partial charge in [-0.05, 0) is 12.7 Å². The highest BCUT2D eigenvalue weighted by molar-refractivity contribution is 7.98. The number of nitrogens with zero attached hydrogens (tertiary/aromatic N) is 4. The number of anilines is 2. The van der Waals surface area contributed by atoms with Crippen molar-refractivity contribution >= 4 is 29.0 Å². The van der Waals surface area contributed by atoms with Crippen LogP contribution in [0.5, 0.6) is 0 Å². The van der Waals surface area contributed by atoms with E-state index in [0.717, 1.165) is 29.5 Å². The Morgan fingerprint density at radius 2 is 2.32 bits per heavy atom. The van der Waals surface area contributed by atoms with E-state index >= 15 is 0 Å². The normalized spacial score (nSPS) is 12.6. The van der Waals surface area contributed by atoms with Crippen LogP contribution in [0.4, 0.5) is 11.6 Å². The molecule has 0 spiro atoms. The van der Waals surface area contributed by atoms with Crippen molar-refractivity contribution in [3.63, 3.8) is 0 Å². The number of imidazole rings is 1. The second-order valence-corrected chi connectivity index (χ2v) is 5.40. The summed E-state index contributed by atoms with van der Waals surface area (Å²) in [5.41, 5.74) is 0.904. The van der Waals surface area contributed by atoms with Crippen LogP contribution >= 0.6 is 11.8 Å². The number of thioether (sulfide) groups is 1. The summed E-state index contributed by atoms with van der Waals surface area (Å²) in [7, 11) is 3.98. The molecule has 6 heteroatoms. The van der Waals surface area contributed by atoms with Gasteiger partial charge in [-0.1, -0.05) is 6.92 Å². The van der Waals surface area contributed by atoms with E-state index in [4.69, 9.17) is 0 Å². The summed E-state index contributed by atoms with van der Waals surface area (Å²) < 4.78 is 2.01. The van der Waals surface area contributed by atoms with Gasteiger partial charge in [-0.25, -0.2) is 9.97 Å². The molecule has 0 fully saturated rings. The highest BCUT2D eigenvalue weighted by Gasteiger charge is 2.18. The fraction of sp³-hybridized carbons (Fsp3) is 0.538. The second-order valence-electron chi connectivity index (χ2n) is 4.49. The van der Waals surface area contributed by atoms with Crippen LogP contribution in [0.25, 0.3) is 5.65 Å². The number of hydrogen-bond acceptors (Lipinski definition) is 5. The predicted octanol–water partition coefficient (Wildman–Crippen LogP) is 2.35. The van der Waals surface area contributed by atoms with E-state index in [2.05, 4.69) is 40.4 Å². The minimum atomic E-state index is 0.468. The van der Waals surface area contributed by atoms with Crippen molar-refractivity contribution in [3.8, 4) is 0 Å². The molecule has 0 aliphatic carbocycles. The van der Waals surface area contributed by atoms with Crippen LogP contribution in [0.3, 0.4) is 0 Å². The molecule has 2 aromatic rings. The maximum Gasteiger partial charge on any atom is 0.180 e. The third-order valence-corrected chi connectivity index (χ3v) is 4.04. The van der Waals surface area contributed by atoms with E-state index in [1.54, 1.807) is 0 Å². The van der Waals surface area contributed by atoms with Crippen LogP contribution in [0.2, 0.25) is 0 Å². The first-order valence-corrected chi connectivity index (χ1v) is 7.83. The molecular weight excluding hydrogens is 258 g/mol. The zero-order valence-corrected chi connectivity index (χ0v) is 12.7. The van der Waals surface area contributed by atoms with Gasteiger partial charge in [-0.3, -0.25) is 0 Å². The van der Waals surface area contributed by atoms with Gasteiger partial charge in [0.2, 0.25) is 0 Å². The predicted molar refractivity (Wildman–Crippen MR) is 83.4 cm³/mol. The average Bonchev–Trinajstić information content (AvgIpc) is 2.91. The summed E-state index contributed by atoms with van der Waals surface area (Å²) in [4.78, 5) is 11.3. The minimum Gasteiger partial charge on any atom is -0.372 e. The van der Waals surface area contributed by atoms with Crippen molar-refractivity contribution in [1.82, 2.24) is 14.4 Å². The summed E-state index contributed by atoms with van der Waals surface area (Å²) in [6.45, 7) is 2.21. The lowest BCUT2D eigenvalue weighted by atomic mass is 10.2. The molecule has 2 aromatic heterocycles. The molecule has 1 atom stereocenters. The first-order chi connectivity index (χ1) is 9.21. The van der Waals surface area contributed by atoms with Crippen molar-refractivity contribution in [3.05, 3.63) is 18.6 Å². The fourth-order valence-electron chi connectivity index (χ4n) is 2.14. The molecule has 0 aliphatic heterocycles. The van der Waals surface area contributed by atoms with E-state index in [1.165, 1.54) is 0 Å². The van der Waals surface area contributed by atoms with Crippen molar-refractivity contribution in [2.45, 2.75) is 19.4 Å². The van der Waals surface area contributed by atoms with Crippen LogP contribution in [0.15, 0.2) is 18.6 Å². The lowest BCUT2D eigenvalue weighted by Crippen LogP contribution is -2.34. The number of nitrogens with one attached hydrogen (secondary N) is 1. The summed E-state index contributed by atoms with van der Waals surface area (Å²) in [6.07, 6.45) is 8.94. The van der Waals surface area contributed by atoms with E-state index < -0.39 is 0 Å². The van der Waals surface area contributed by atoms with Crippen LogP contribution in [0, 0.1) is 0 Å². The van der Waals surface area contributed by atoms with Crippen LogP contribution in [0.1, 0.15) is 13.3 Å². The average molecular weight is 279 g/mol. The number of fused-ring (bicyclic) bond motifs is 1. The molecule has 0 amide bonds. The van der Waals surface area contributed by atoms with Gasteiger partial charge < -0.3 is 14.6 Å². The Morgan fingerprint density at radius 1 is 1.53 bits per heavy atom. The first-order valence-electron chi connectivity index (χ1n) is 6.44. The monoisotopic (exact) mass is 279 g/mol. The summed E-state index contributed by atoms with van der Waals surface area (Å²) in [5, 5.41) is 3.10. The quantitative estimate of drug-likeness (QED) is 0.879. The molecule has 5 nitrogen and oxygen atoms in total. The Hall–Kier alpha value is -1.43. The van der Waals surface area contributed by atoms with Gasteiger partial charge in [0.25, 0.3) is 0 Å². The molecule has 19 heavy (non-hydrogen) atoms. The van der Waals surface area contributed by atoms with Crippen LogP contribution < -0.4 is 10.2 Å². The van der Waals surface area contributed by atoms with Gasteiger partial charge >= 0.3 is 0 Å². The molecule has 0 bridgehead atoms. The maximum atomic E-state index is 4.66. The van der Waals surface area contributed by atoms with E-state index in [9.17, 15) is 0 Å². The Labute approximate surface area is 118 Å². The molecule has 0 aliphatic rings. The van der Waals surface area contributed by atoms with Crippen LogP contribution in [-0.4, -0.2) is 46.5 Å². The molecule has 0 radical (unpaired) electrons. The Bertz CT molecular complexity index is 539. The SMILES string of the molecule is CCC(CSC)N(C)c1nc(NC)cn2ccnc12. The van der Waals surface area contributed by atoms with Crippen molar-refractivity contribution in [2.24, 2.45) is 0 Å². The molecule has 1 N–H and O–H groups in total. The van der Waals surface area contributed by atoms with Crippen molar-refractivity contribution in [1.29, 1.82) is 0 Å². The van der Waals surface area contributed by atoms with Gasteiger partial charge in [-0.15, -0.1) is 0 Å². The van der Waals surface area contributed by atoms with Gasteiger partial charge in [0, 0.05) is 38.3 Å². The van der Waals surface area contributed by atoms with E-state index in [-0.39, 0.29) is 0 Å². The lowest BCUT2D eigenvalue weighted by Gasteiger charge is -2.28. The largest absolute Gasteiger partial charge is 0.372 e. The van der Waals surface area contributed by atoms with Gasteiger partial charge in [0.1, 0.15) is 5.82 Å². The number of rotatable bonds is 6. The summed E-state index contributed by atoms with van der Waals surface area (Å²) in [5.74, 6) is 2.87. The summed E-state index contributed by atoms with van der Waals surface area (Å²) >= 11 is 1.86. The van der Waals surface area contributed by atoms with Crippen molar-refractivity contribution in [2.75, 3.05) is 36.3 Å². The van der Waals surface area contributed by atoms with Gasteiger partial charge in [0.15, 0.2) is 11.5 Å². The molecular formula is C13H21N5S. The Balaban J connectivity index is 2.44. The smallest absolute Gasteiger partial charge is 0.180 e. The molecule has 0 aromatic carbocycles. The third-order valence-electron chi connectivity index (χ3n) is 3.32. The number of hydrogen-bond donors (Lipinski definition) is 1. The highest BCUT2D eigenvalue weighted by atomic mass is 32.2. The molecule has 1 unspecified atom stereocenters. The molecule has 0 saturated heterocycles. The van der Waals surface area contributed by atoms with Gasteiger partial charge in [0.05, 0.1) is 6.20 Å². The first kappa shape index (κ1) is 14.0. The third kappa shape index (κ3) is 2.78. The molecule has 104 valence electrons. The summed E-state index contributed by atoms with van der Waals surface area (Å²) in [6, 6.07) is 0.468. The fourth-order valence-corrected chi connectivity index (χ4v) is 2.99. The van der Waals surface area contributed by atoms with E-state index in [0.29, 0.717) is 6.04 Å². The second kappa shape index (κ2) is 6.14. The molecule has 2 heterocycles.